The molecule has 0 bridgehead atoms. The van der Waals surface area contributed by atoms with Crippen LogP contribution in [0.25, 0.3) is 0 Å². The fourth-order valence-electron chi connectivity index (χ4n) is 0.133. The zero-order valence-corrected chi connectivity index (χ0v) is 5.22. The molecule has 0 saturated heterocycles. The van der Waals surface area contributed by atoms with Gasteiger partial charge in [0.05, 0.1) is 0 Å². The van der Waals surface area contributed by atoms with Gasteiger partial charge in [0.2, 0.25) is 0 Å². The molecule has 0 aliphatic rings. The lowest BCUT2D eigenvalue weighted by Crippen LogP contribution is -1.59. The largest absolute Gasteiger partial charge is 0.161 e. The maximum Gasteiger partial charge on any atom is 0.0122 e. The second-order valence-corrected chi connectivity index (χ2v) is 1.98. The molecule has 0 aromatic carbocycles. The van der Waals surface area contributed by atoms with E-state index >= 15 is 0 Å². The van der Waals surface area contributed by atoms with Crippen LogP contribution in [0.4, 0.5) is 0 Å². The summed E-state index contributed by atoms with van der Waals surface area (Å²) < 4.78 is 0. The van der Waals surface area contributed by atoms with Gasteiger partial charge in [-0.3, -0.25) is 0 Å². The summed E-state index contributed by atoms with van der Waals surface area (Å²) in [7, 11) is 0. The minimum Gasteiger partial charge on any atom is -0.161 e. The van der Waals surface area contributed by atoms with Gasteiger partial charge in [0, 0.05) is 11.3 Å². The highest BCUT2D eigenvalue weighted by Crippen LogP contribution is 1.91. The van der Waals surface area contributed by atoms with Gasteiger partial charge >= 0.3 is 0 Å². The summed E-state index contributed by atoms with van der Waals surface area (Å²) >= 11 is 6.94. The maximum absolute atomic E-state index is 5.19. The van der Waals surface area contributed by atoms with Crippen molar-refractivity contribution in [3.8, 4) is 0 Å². The Balaban J connectivity index is 2.66. The summed E-state index contributed by atoms with van der Waals surface area (Å²) in [6.45, 7) is 0. The van der Waals surface area contributed by atoms with Crippen molar-refractivity contribution in [3.05, 3.63) is 11.6 Å². The van der Waals surface area contributed by atoms with Crippen LogP contribution in [-0.4, -0.2) is 12.0 Å². The second kappa shape index (κ2) is 5.38. The molecule has 36 valence electrons. The van der Waals surface area contributed by atoms with Crippen LogP contribution < -0.4 is 0 Å². The number of halogens is 1. The first-order chi connectivity index (χ1) is 2.91. The molecule has 0 aromatic heterocycles. The van der Waals surface area contributed by atoms with Crippen molar-refractivity contribution in [1.82, 2.24) is 0 Å². The van der Waals surface area contributed by atoms with Gasteiger partial charge in [-0.1, -0.05) is 17.7 Å². The molecule has 0 heterocycles. The van der Waals surface area contributed by atoms with E-state index in [1.807, 2.05) is 12.3 Å². The fourth-order valence-corrected chi connectivity index (χ4v) is 0.616. The fraction of sp³-hybridized carbons (Fsp3) is 0.500. The van der Waals surface area contributed by atoms with Crippen molar-refractivity contribution in [2.75, 3.05) is 12.0 Å². The van der Waals surface area contributed by atoms with E-state index in [2.05, 4.69) is 0 Å². The third-order valence-corrected chi connectivity index (χ3v) is 1.06. The number of hydrogen-bond acceptors (Lipinski definition) is 1. The van der Waals surface area contributed by atoms with Crippen molar-refractivity contribution >= 4 is 23.4 Å². The first-order valence-corrected chi connectivity index (χ1v) is 3.49. The SMILES string of the molecule is CSCC=CCl. The molecule has 0 saturated carbocycles. The molecule has 0 unspecified atom stereocenters. The second-order valence-electron chi connectivity index (χ2n) is 0.817. The van der Waals surface area contributed by atoms with Crippen molar-refractivity contribution in [3.63, 3.8) is 0 Å². The van der Waals surface area contributed by atoms with Crippen LogP contribution in [0.1, 0.15) is 0 Å². The van der Waals surface area contributed by atoms with Gasteiger partial charge in [-0.2, -0.15) is 11.8 Å². The molecule has 0 atom stereocenters. The monoisotopic (exact) mass is 122 g/mol. The molecule has 0 aliphatic heterocycles. The van der Waals surface area contributed by atoms with Crippen LogP contribution >= 0.6 is 23.4 Å². The van der Waals surface area contributed by atoms with Crippen LogP contribution in [0.5, 0.6) is 0 Å². The highest BCUT2D eigenvalue weighted by atomic mass is 35.5. The van der Waals surface area contributed by atoms with Gasteiger partial charge in [0.25, 0.3) is 0 Å². The molecule has 2 heteroatoms. The molecule has 0 nitrogen and oxygen atoms in total. The van der Waals surface area contributed by atoms with Gasteiger partial charge in [0.1, 0.15) is 0 Å². The van der Waals surface area contributed by atoms with E-state index < -0.39 is 0 Å². The number of hydrogen-bond donors (Lipinski definition) is 0. The number of thioether (sulfide) groups is 1. The van der Waals surface area contributed by atoms with Crippen LogP contribution in [0.2, 0.25) is 0 Å². The summed E-state index contributed by atoms with van der Waals surface area (Å²) in [6, 6.07) is 0. The normalized spacial score (nSPS) is 10.3. The minimum atomic E-state index is 1.02. The first-order valence-electron chi connectivity index (χ1n) is 1.66. The van der Waals surface area contributed by atoms with Gasteiger partial charge in [-0.25, -0.2) is 0 Å². The Hall–Kier alpha value is 0.380. The predicted octanol–water partition coefficient (Wildman–Crippen LogP) is 2.10. The van der Waals surface area contributed by atoms with E-state index in [0.29, 0.717) is 0 Å². The molecule has 0 fully saturated rings. The lowest BCUT2D eigenvalue weighted by Gasteiger charge is -1.76. The van der Waals surface area contributed by atoms with Gasteiger partial charge in [0.15, 0.2) is 0 Å². The Labute approximate surface area is 47.6 Å². The quantitative estimate of drug-likeness (QED) is 0.541. The van der Waals surface area contributed by atoms with E-state index in [1.165, 1.54) is 5.54 Å². The molecular formula is C4H7ClS. The van der Waals surface area contributed by atoms with Crippen molar-refractivity contribution in [1.29, 1.82) is 0 Å². The van der Waals surface area contributed by atoms with E-state index in [0.717, 1.165) is 5.75 Å². The Morgan fingerprint density at radius 3 is 2.67 bits per heavy atom. The van der Waals surface area contributed by atoms with Crippen molar-refractivity contribution < 1.29 is 0 Å². The average Bonchev–Trinajstić information content (AvgIpc) is 1.61. The third kappa shape index (κ3) is 4.38. The number of rotatable bonds is 2. The molecule has 0 spiro atoms. The highest BCUT2D eigenvalue weighted by Gasteiger charge is 1.65. The van der Waals surface area contributed by atoms with E-state index in [-0.39, 0.29) is 0 Å². The summed E-state index contributed by atoms with van der Waals surface area (Å²) in [5.41, 5.74) is 1.54. The zero-order valence-electron chi connectivity index (χ0n) is 3.65. The van der Waals surface area contributed by atoms with E-state index in [4.69, 9.17) is 11.6 Å². The van der Waals surface area contributed by atoms with Crippen molar-refractivity contribution in [2.45, 2.75) is 0 Å². The van der Waals surface area contributed by atoms with Crippen LogP contribution in [0.15, 0.2) is 11.6 Å². The average molecular weight is 123 g/mol. The van der Waals surface area contributed by atoms with Crippen molar-refractivity contribution in [2.24, 2.45) is 0 Å². The highest BCUT2D eigenvalue weighted by molar-refractivity contribution is 7.98. The lowest BCUT2D eigenvalue weighted by atomic mass is 10.8. The van der Waals surface area contributed by atoms with E-state index in [1.54, 1.807) is 11.8 Å². The van der Waals surface area contributed by atoms with Crippen LogP contribution in [0, 0.1) is 0 Å². The molecular weight excluding hydrogens is 116 g/mol. The summed E-state index contributed by atoms with van der Waals surface area (Å²) in [5, 5.41) is 0. The standard InChI is InChI=1S/C4H7ClS/c1-6-4-2-3-5/h2-3H,4H2,1H3. The molecule has 0 aromatic rings. The van der Waals surface area contributed by atoms with E-state index in [9.17, 15) is 0 Å². The first kappa shape index (κ1) is 6.38. The Morgan fingerprint density at radius 1 is 1.83 bits per heavy atom. The Morgan fingerprint density at radius 2 is 2.50 bits per heavy atom. The summed E-state index contributed by atoms with van der Waals surface area (Å²) in [5.74, 6) is 1.02. The third-order valence-electron chi connectivity index (χ3n) is 0.352. The lowest BCUT2D eigenvalue weighted by molar-refractivity contribution is 1.81. The molecule has 0 rings (SSSR count). The predicted molar refractivity (Wildman–Crippen MR) is 33.4 cm³/mol. The molecule has 6 heavy (non-hydrogen) atoms. The van der Waals surface area contributed by atoms with Crippen LogP contribution in [0.3, 0.4) is 0 Å². The van der Waals surface area contributed by atoms with Gasteiger partial charge < -0.3 is 0 Å². The topological polar surface area (TPSA) is 0 Å². The molecule has 0 radical (unpaired) electrons. The Kier molecular flexibility index (Phi) is 5.72. The smallest absolute Gasteiger partial charge is 0.0122 e. The Bertz CT molecular complexity index is 42.8. The molecule has 0 aliphatic carbocycles. The van der Waals surface area contributed by atoms with Crippen LogP contribution in [-0.2, 0) is 0 Å². The van der Waals surface area contributed by atoms with Gasteiger partial charge in [-0.05, 0) is 6.26 Å². The van der Waals surface area contributed by atoms with Gasteiger partial charge in [-0.15, -0.1) is 0 Å². The molecule has 0 N–H and O–H groups in total. The maximum atomic E-state index is 5.19. The summed E-state index contributed by atoms with van der Waals surface area (Å²) in [4.78, 5) is 0. The minimum absolute atomic E-state index is 1.02. The summed E-state index contributed by atoms with van der Waals surface area (Å²) in [6.07, 6.45) is 3.95. The molecule has 0 amide bonds. The zero-order chi connectivity index (χ0) is 4.83.